The van der Waals surface area contributed by atoms with Gasteiger partial charge < -0.3 is 15.4 Å². The number of carbonyl (C=O) groups excluding carboxylic acids is 1. The number of hydrogen-bond acceptors (Lipinski definition) is 6. The Labute approximate surface area is 218 Å². The number of ether oxygens (including phenoxy) is 1. The maximum Gasteiger partial charge on any atom is 0.251 e. The Hall–Kier alpha value is -3.23. The number of nitrogens with one attached hydrogen (secondary N) is 2. The third-order valence-electron chi connectivity index (χ3n) is 7.85. The molecule has 194 valence electrons. The molecule has 2 saturated heterocycles. The second-order valence-electron chi connectivity index (χ2n) is 10.7. The summed E-state index contributed by atoms with van der Waals surface area (Å²) in [4.78, 5) is 19.6. The zero-order valence-electron chi connectivity index (χ0n) is 21.5. The van der Waals surface area contributed by atoms with Gasteiger partial charge in [0.15, 0.2) is 0 Å². The minimum Gasteiger partial charge on any atom is -0.381 e. The van der Waals surface area contributed by atoms with Gasteiger partial charge in [-0.2, -0.15) is 5.10 Å². The van der Waals surface area contributed by atoms with Crippen molar-refractivity contribution < 1.29 is 9.53 Å². The first-order chi connectivity index (χ1) is 18.1. The average molecular weight is 501 g/mol. The van der Waals surface area contributed by atoms with Gasteiger partial charge in [-0.1, -0.05) is 6.07 Å². The van der Waals surface area contributed by atoms with Gasteiger partial charge in [0.1, 0.15) is 0 Å². The van der Waals surface area contributed by atoms with Crippen LogP contribution in [0, 0.1) is 6.92 Å². The van der Waals surface area contributed by atoms with E-state index in [0.717, 1.165) is 80.1 Å². The molecule has 0 spiro atoms. The summed E-state index contributed by atoms with van der Waals surface area (Å²) in [5.41, 5.74) is 5.73. The molecule has 4 heterocycles. The van der Waals surface area contributed by atoms with Crippen LogP contribution >= 0.6 is 0 Å². The topological polar surface area (TPSA) is 84.3 Å². The Kier molecular flexibility index (Phi) is 6.93. The van der Waals surface area contributed by atoms with Crippen LogP contribution in [0.1, 0.15) is 54.4 Å². The normalized spacial score (nSPS) is 21.1. The predicted molar refractivity (Wildman–Crippen MR) is 144 cm³/mol. The summed E-state index contributed by atoms with van der Waals surface area (Å²) in [7, 11) is 0. The third-order valence-corrected chi connectivity index (χ3v) is 7.85. The number of nitrogens with zero attached hydrogens (tertiary/aromatic N) is 4. The van der Waals surface area contributed by atoms with Crippen LogP contribution in [0.4, 0.5) is 5.69 Å². The fourth-order valence-electron chi connectivity index (χ4n) is 5.46. The van der Waals surface area contributed by atoms with Crippen LogP contribution in [0.3, 0.4) is 0 Å². The van der Waals surface area contributed by atoms with E-state index >= 15 is 0 Å². The summed E-state index contributed by atoms with van der Waals surface area (Å²) in [6.07, 6.45) is 14.4. The molecule has 6 rings (SSSR count). The molecule has 37 heavy (non-hydrogen) atoms. The molecule has 8 heteroatoms. The van der Waals surface area contributed by atoms with Gasteiger partial charge in [0, 0.05) is 55.1 Å². The van der Waals surface area contributed by atoms with Crippen molar-refractivity contribution in [3.63, 3.8) is 0 Å². The van der Waals surface area contributed by atoms with Crippen LogP contribution in [0.5, 0.6) is 0 Å². The van der Waals surface area contributed by atoms with Gasteiger partial charge in [0.05, 0.1) is 36.6 Å². The summed E-state index contributed by atoms with van der Waals surface area (Å²) in [6.45, 7) is 6.08. The molecule has 1 atom stereocenters. The van der Waals surface area contributed by atoms with E-state index in [4.69, 9.17) is 4.74 Å². The van der Waals surface area contributed by atoms with Crippen LogP contribution in [0.25, 0.3) is 16.8 Å². The number of rotatable bonds is 7. The molecule has 1 aromatic carbocycles. The number of aromatic nitrogens is 3. The number of piperidine rings is 1. The van der Waals surface area contributed by atoms with Crippen molar-refractivity contribution in [2.75, 3.05) is 31.6 Å². The molecule has 0 radical (unpaired) electrons. The molecule has 1 aliphatic carbocycles. The lowest BCUT2D eigenvalue weighted by Gasteiger charge is -2.39. The first kappa shape index (κ1) is 24.1. The Morgan fingerprint density at radius 1 is 1.03 bits per heavy atom. The number of amides is 1. The van der Waals surface area contributed by atoms with Crippen LogP contribution in [0.2, 0.25) is 0 Å². The van der Waals surface area contributed by atoms with Crippen molar-refractivity contribution in [1.29, 1.82) is 0 Å². The summed E-state index contributed by atoms with van der Waals surface area (Å²) in [5, 5.41) is 11.4. The molecule has 2 aromatic heterocycles. The Morgan fingerprint density at radius 2 is 1.89 bits per heavy atom. The molecule has 2 N–H and O–H groups in total. The highest BCUT2D eigenvalue weighted by Gasteiger charge is 2.27. The number of aryl methyl sites for hydroxylation is 1. The molecule has 2 aliphatic heterocycles. The number of pyridine rings is 1. The van der Waals surface area contributed by atoms with Gasteiger partial charge in [-0.15, -0.1) is 0 Å². The largest absolute Gasteiger partial charge is 0.381 e. The van der Waals surface area contributed by atoms with Gasteiger partial charge in [0.2, 0.25) is 0 Å². The predicted octanol–water partition coefficient (Wildman–Crippen LogP) is 4.19. The van der Waals surface area contributed by atoms with Crippen molar-refractivity contribution in [2.45, 2.75) is 63.6 Å². The van der Waals surface area contributed by atoms with E-state index in [1.54, 1.807) is 0 Å². The maximum atomic E-state index is 12.6. The lowest BCUT2D eigenvalue weighted by molar-refractivity contribution is 0.00988. The molecular weight excluding hydrogens is 464 g/mol. The standard InChI is InChI=1S/C29H36N6O2/c1-20-4-5-21(29(36)33-23-6-7-23)13-28(20)22-15-31-35(18-22)27-14-25(16-30-17-27)32-24-8-10-34(11-9-24)26-3-2-12-37-19-26/h4-5,13-18,23-24,26,32H,2-3,6-12,19H2,1H3,(H,33,36). The fourth-order valence-corrected chi connectivity index (χ4v) is 5.46. The van der Waals surface area contributed by atoms with Crippen molar-refractivity contribution in [1.82, 2.24) is 25.0 Å². The van der Waals surface area contributed by atoms with Gasteiger partial charge in [-0.05, 0) is 74.8 Å². The molecule has 3 fully saturated rings. The highest BCUT2D eigenvalue weighted by atomic mass is 16.5. The smallest absolute Gasteiger partial charge is 0.251 e. The molecular formula is C29H36N6O2. The minimum atomic E-state index is -0.00275. The van der Waals surface area contributed by atoms with E-state index in [9.17, 15) is 4.79 Å². The molecule has 0 bridgehead atoms. The molecule has 1 saturated carbocycles. The SMILES string of the molecule is Cc1ccc(C(=O)NC2CC2)cc1-c1cnn(-c2cncc(NC3CCN(C4CCCOC4)CC3)c2)c1. The van der Waals surface area contributed by atoms with E-state index < -0.39 is 0 Å². The Balaban J connectivity index is 1.11. The van der Waals surface area contributed by atoms with Crippen LogP contribution < -0.4 is 10.6 Å². The monoisotopic (exact) mass is 500 g/mol. The summed E-state index contributed by atoms with van der Waals surface area (Å²) in [6, 6.07) is 9.35. The zero-order valence-corrected chi connectivity index (χ0v) is 21.5. The van der Waals surface area contributed by atoms with E-state index in [2.05, 4.69) is 38.6 Å². The van der Waals surface area contributed by atoms with E-state index in [0.29, 0.717) is 23.7 Å². The number of likely N-dealkylation sites (tertiary alicyclic amines) is 1. The Bertz CT molecular complexity index is 1240. The van der Waals surface area contributed by atoms with Gasteiger partial charge in [-0.25, -0.2) is 4.68 Å². The molecule has 1 amide bonds. The van der Waals surface area contributed by atoms with Crippen molar-refractivity contribution in [3.8, 4) is 16.8 Å². The minimum absolute atomic E-state index is 0.00275. The van der Waals surface area contributed by atoms with Crippen LogP contribution in [-0.2, 0) is 4.74 Å². The second kappa shape index (κ2) is 10.6. The van der Waals surface area contributed by atoms with E-state index in [1.807, 2.05) is 47.7 Å². The number of anilines is 1. The van der Waals surface area contributed by atoms with Crippen molar-refractivity contribution in [3.05, 3.63) is 60.2 Å². The fraction of sp³-hybridized carbons (Fsp3) is 0.483. The summed E-state index contributed by atoms with van der Waals surface area (Å²) in [5.74, 6) is -0.00275. The van der Waals surface area contributed by atoms with Gasteiger partial charge in [-0.3, -0.25) is 14.7 Å². The molecule has 3 aliphatic rings. The second-order valence-corrected chi connectivity index (χ2v) is 10.7. The summed E-state index contributed by atoms with van der Waals surface area (Å²) >= 11 is 0. The number of carbonyl (C=O) groups is 1. The van der Waals surface area contributed by atoms with Gasteiger partial charge >= 0.3 is 0 Å². The first-order valence-electron chi connectivity index (χ1n) is 13.6. The summed E-state index contributed by atoms with van der Waals surface area (Å²) < 4.78 is 7.55. The zero-order chi connectivity index (χ0) is 25.2. The maximum absolute atomic E-state index is 12.6. The number of benzene rings is 1. The highest BCUT2D eigenvalue weighted by molar-refractivity contribution is 5.96. The van der Waals surface area contributed by atoms with Crippen molar-refractivity contribution >= 4 is 11.6 Å². The molecule has 1 unspecified atom stereocenters. The van der Waals surface area contributed by atoms with E-state index in [1.165, 1.54) is 12.8 Å². The lowest BCUT2D eigenvalue weighted by Crippen LogP contribution is -2.47. The first-order valence-corrected chi connectivity index (χ1v) is 13.6. The molecule has 3 aromatic rings. The van der Waals surface area contributed by atoms with Crippen LogP contribution in [-0.4, -0.2) is 70.0 Å². The Morgan fingerprint density at radius 3 is 2.68 bits per heavy atom. The quantitative estimate of drug-likeness (QED) is 0.506. The van der Waals surface area contributed by atoms with E-state index in [-0.39, 0.29) is 5.91 Å². The van der Waals surface area contributed by atoms with Crippen LogP contribution in [0.15, 0.2) is 49.1 Å². The third kappa shape index (κ3) is 5.70. The highest BCUT2D eigenvalue weighted by Crippen LogP contribution is 2.27. The average Bonchev–Trinajstić information content (AvgIpc) is 3.61. The van der Waals surface area contributed by atoms with Crippen molar-refractivity contribution in [2.24, 2.45) is 0 Å². The van der Waals surface area contributed by atoms with Gasteiger partial charge in [0.25, 0.3) is 5.91 Å². The lowest BCUT2D eigenvalue weighted by atomic mass is 10.00. The molecule has 8 nitrogen and oxygen atoms in total. The number of hydrogen-bond donors (Lipinski definition) is 2.